The van der Waals surface area contributed by atoms with Crippen LogP contribution in [0.3, 0.4) is 0 Å². The van der Waals surface area contributed by atoms with E-state index in [1.54, 1.807) is 36.7 Å². The van der Waals surface area contributed by atoms with E-state index in [0.29, 0.717) is 32.5 Å². The first-order valence-electron chi connectivity index (χ1n) is 10.6. The number of thioether (sulfide) groups is 1. The maximum atomic E-state index is 12.4. The third-order valence-corrected chi connectivity index (χ3v) is 6.65. The molecule has 2 N–H and O–H groups in total. The molecule has 0 bridgehead atoms. The number of anilines is 1. The number of carbonyl (C=O) groups is 2. The van der Waals surface area contributed by atoms with Crippen LogP contribution in [-0.2, 0) is 29.6 Å². The van der Waals surface area contributed by atoms with E-state index >= 15 is 0 Å². The number of nitrogens with one attached hydrogen (secondary N) is 2. The zero-order valence-corrected chi connectivity index (χ0v) is 21.3. The van der Waals surface area contributed by atoms with Crippen LogP contribution in [0.15, 0.2) is 47.6 Å². The zero-order chi connectivity index (χ0) is 24.7. The molecule has 2 amide bonds. The summed E-state index contributed by atoms with van der Waals surface area (Å²) in [5.41, 5.74) is 1.76. The molecule has 34 heavy (non-hydrogen) atoms. The number of aryl methyl sites for hydroxylation is 1. The lowest BCUT2D eigenvalue weighted by molar-refractivity contribution is -0.127. The maximum absolute atomic E-state index is 12.4. The molecule has 0 saturated heterocycles. The van der Waals surface area contributed by atoms with Gasteiger partial charge >= 0.3 is 0 Å². The average Bonchev–Trinajstić information content (AvgIpc) is 3.18. The van der Waals surface area contributed by atoms with Crippen molar-refractivity contribution < 1.29 is 14.3 Å². The molecular weight excluding hydrogens is 497 g/mol. The molecule has 180 valence electrons. The Hall–Kier alpha value is -2.75. The summed E-state index contributed by atoms with van der Waals surface area (Å²) in [5.74, 6) is 0.828. The van der Waals surface area contributed by atoms with Crippen molar-refractivity contribution in [3.05, 3.63) is 63.9 Å². The maximum Gasteiger partial charge on any atom is 0.261 e. The third kappa shape index (κ3) is 7.12. The van der Waals surface area contributed by atoms with Gasteiger partial charge < -0.3 is 19.9 Å². The molecule has 0 aliphatic carbocycles. The van der Waals surface area contributed by atoms with E-state index < -0.39 is 6.10 Å². The summed E-state index contributed by atoms with van der Waals surface area (Å²) in [4.78, 5) is 24.7. The first-order chi connectivity index (χ1) is 16.3. The fraction of sp³-hybridized carbons (Fsp3) is 0.304. The standard InChI is InChI=1S/C23H25Cl2N5O3S/c1-4-15-5-8-17(9-6-15)33-14(2)22(32)26-12-20-28-29-23(30(20)3)34-13-21(31)27-16-7-10-18(24)19(25)11-16/h5-11,14H,4,12-13H2,1-3H3,(H,26,32)(H,27,31)/t14-/m1/s1. The van der Waals surface area contributed by atoms with Crippen LogP contribution in [0, 0.1) is 0 Å². The topological polar surface area (TPSA) is 98.1 Å². The van der Waals surface area contributed by atoms with Gasteiger partial charge in [-0.25, -0.2) is 0 Å². The van der Waals surface area contributed by atoms with Gasteiger partial charge in [-0.1, -0.05) is 54.0 Å². The number of carbonyl (C=O) groups excluding carboxylic acids is 2. The fourth-order valence-corrected chi connectivity index (χ4v) is 3.93. The van der Waals surface area contributed by atoms with Gasteiger partial charge in [0.2, 0.25) is 5.91 Å². The van der Waals surface area contributed by atoms with Crippen molar-refractivity contribution in [3.63, 3.8) is 0 Å². The molecule has 0 fully saturated rings. The Balaban J connectivity index is 1.47. The third-order valence-electron chi connectivity index (χ3n) is 4.90. The van der Waals surface area contributed by atoms with Crippen molar-refractivity contribution in [1.29, 1.82) is 0 Å². The second kappa shape index (κ2) is 12.1. The largest absolute Gasteiger partial charge is 0.481 e. The number of aromatic nitrogens is 3. The summed E-state index contributed by atoms with van der Waals surface area (Å²) in [7, 11) is 1.77. The minimum atomic E-state index is -0.667. The predicted molar refractivity (Wildman–Crippen MR) is 135 cm³/mol. The fourth-order valence-electron chi connectivity index (χ4n) is 2.90. The van der Waals surface area contributed by atoms with Crippen LogP contribution in [-0.4, -0.2) is 38.4 Å². The SMILES string of the molecule is CCc1ccc(O[C@H](C)C(=O)NCc2nnc(SCC(=O)Nc3ccc(Cl)c(Cl)c3)n2C)cc1. The molecule has 0 aliphatic rings. The van der Waals surface area contributed by atoms with Crippen LogP contribution in [0.25, 0.3) is 0 Å². The zero-order valence-electron chi connectivity index (χ0n) is 19.0. The van der Waals surface area contributed by atoms with Gasteiger partial charge in [0.05, 0.1) is 22.3 Å². The second-order valence-corrected chi connectivity index (χ2v) is 9.16. The molecule has 2 aromatic carbocycles. The summed E-state index contributed by atoms with van der Waals surface area (Å²) in [6.45, 7) is 3.95. The minimum Gasteiger partial charge on any atom is -0.481 e. The number of ether oxygens (including phenoxy) is 1. The number of hydrogen-bond acceptors (Lipinski definition) is 6. The van der Waals surface area contributed by atoms with Crippen molar-refractivity contribution in [2.75, 3.05) is 11.1 Å². The van der Waals surface area contributed by atoms with Gasteiger partial charge in [-0.2, -0.15) is 0 Å². The van der Waals surface area contributed by atoms with Gasteiger partial charge in [0.15, 0.2) is 17.1 Å². The molecule has 0 spiro atoms. The van der Waals surface area contributed by atoms with E-state index in [4.69, 9.17) is 27.9 Å². The van der Waals surface area contributed by atoms with Crippen LogP contribution in [0.1, 0.15) is 25.2 Å². The van der Waals surface area contributed by atoms with Gasteiger partial charge in [-0.3, -0.25) is 9.59 Å². The molecule has 1 atom stereocenters. The number of amides is 2. The number of halogens is 2. The molecule has 0 aliphatic heterocycles. The van der Waals surface area contributed by atoms with E-state index in [0.717, 1.165) is 6.42 Å². The van der Waals surface area contributed by atoms with Crippen LogP contribution >= 0.6 is 35.0 Å². The lowest BCUT2D eigenvalue weighted by Gasteiger charge is -2.15. The number of hydrogen-bond donors (Lipinski definition) is 2. The van der Waals surface area contributed by atoms with Crippen molar-refractivity contribution in [3.8, 4) is 5.75 Å². The van der Waals surface area contributed by atoms with Gasteiger partial charge in [0, 0.05) is 12.7 Å². The number of nitrogens with zero attached hydrogens (tertiary/aromatic N) is 3. The highest BCUT2D eigenvalue weighted by atomic mass is 35.5. The molecular formula is C23H25Cl2N5O3S. The summed E-state index contributed by atoms with van der Waals surface area (Å²) in [5, 5.41) is 15.1. The van der Waals surface area contributed by atoms with Crippen molar-refractivity contribution >= 4 is 52.5 Å². The molecule has 8 nitrogen and oxygen atoms in total. The summed E-state index contributed by atoms with van der Waals surface area (Å²) in [6, 6.07) is 12.5. The summed E-state index contributed by atoms with van der Waals surface area (Å²) >= 11 is 13.1. The minimum absolute atomic E-state index is 0.125. The summed E-state index contributed by atoms with van der Waals surface area (Å²) < 4.78 is 7.44. The van der Waals surface area contributed by atoms with E-state index in [-0.39, 0.29) is 24.1 Å². The Morgan fingerprint density at radius 2 is 1.85 bits per heavy atom. The molecule has 1 aromatic heterocycles. The Morgan fingerprint density at radius 1 is 1.12 bits per heavy atom. The van der Waals surface area contributed by atoms with Gasteiger partial charge in [0.25, 0.3) is 5.91 Å². The lowest BCUT2D eigenvalue weighted by Crippen LogP contribution is -2.36. The molecule has 1 heterocycles. The van der Waals surface area contributed by atoms with Crippen molar-refractivity contribution in [2.24, 2.45) is 7.05 Å². The lowest BCUT2D eigenvalue weighted by atomic mass is 10.2. The average molecular weight is 522 g/mol. The van der Waals surface area contributed by atoms with E-state index in [9.17, 15) is 9.59 Å². The Labute approximate surface area is 212 Å². The quantitative estimate of drug-likeness (QED) is 0.381. The van der Waals surface area contributed by atoms with Crippen molar-refractivity contribution in [2.45, 2.75) is 38.1 Å². The Bertz CT molecular complexity index is 1150. The van der Waals surface area contributed by atoms with Gasteiger partial charge in [-0.15, -0.1) is 10.2 Å². The van der Waals surface area contributed by atoms with Gasteiger partial charge in [0.1, 0.15) is 5.75 Å². The molecule has 0 unspecified atom stereocenters. The highest BCUT2D eigenvalue weighted by Crippen LogP contribution is 2.25. The van der Waals surface area contributed by atoms with Crippen molar-refractivity contribution in [1.82, 2.24) is 20.1 Å². The molecule has 11 heteroatoms. The first kappa shape index (κ1) is 25.9. The Morgan fingerprint density at radius 3 is 2.53 bits per heavy atom. The summed E-state index contributed by atoms with van der Waals surface area (Å²) in [6.07, 6.45) is 0.274. The molecule has 3 rings (SSSR count). The van der Waals surface area contributed by atoms with Crippen LogP contribution in [0.2, 0.25) is 10.0 Å². The predicted octanol–water partition coefficient (Wildman–Crippen LogP) is 4.50. The van der Waals surface area contributed by atoms with E-state index in [2.05, 4.69) is 27.8 Å². The van der Waals surface area contributed by atoms with Crippen LogP contribution in [0.5, 0.6) is 5.75 Å². The smallest absolute Gasteiger partial charge is 0.261 e. The normalized spacial score (nSPS) is 11.7. The van der Waals surface area contributed by atoms with E-state index in [1.807, 2.05) is 24.3 Å². The first-order valence-corrected chi connectivity index (χ1v) is 12.3. The number of benzene rings is 2. The van der Waals surface area contributed by atoms with E-state index in [1.165, 1.54) is 17.3 Å². The molecule has 0 saturated carbocycles. The second-order valence-electron chi connectivity index (χ2n) is 7.40. The van der Waals surface area contributed by atoms with Gasteiger partial charge in [-0.05, 0) is 49.2 Å². The highest BCUT2D eigenvalue weighted by molar-refractivity contribution is 7.99. The number of rotatable bonds is 10. The Kier molecular flexibility index (Phi) is 9.20. The van der Waals surface area contributed by atoms with Crippen LogP contribution < -0.4 is 15.4 Å². The highest BCUT2D eigenvalue weighted by Gasteiger charge is 2.17. The van der Waals surface area contributed by atoms with Crippen LogP contribution in [0.4, 0.5) is 5.69 Å². The monoisotopic (exact) mass is 521 g/mol. The molecule has 0 radical (unpaired) electrons. The molecule has 3 aromatic rings.